The molecule has 3 heterocycles. The SMILES string of the molecule is COc1cc(C=c2sc3nc(-c4ccncc4)cn3c2=O)cc(Br)c1O. The van der Waals surface area contributed by atoms with Gasteiger partial charge < -0.3 is 9.84 Å². The van der Waals surface area contributed by atoms with E-state index in [4.69, 9.17) is 4.74 Å². The Morgan fingerprint density at radius 2 is 2.08 bits per heavy atom. The number of hydrogen-bond acceptors (Lipinski definition) is 6. The average Bonchev–Trinajstić information content (AvgIpc) is 3.19. The van der Waals surface area contributed by atoms with Crippen molar-refractivity contribution in [1.82, 2.24) is 14.4 Å². The van der Waals surface area contributed by atoms with Crippen LogP contribution in [0.1, 0.15) is 5.56 Å². The van der Waals surface area contributed by atoms with Crippen LogP contribution in [-0.2, 0) is 0 Å². The zero-order chi connectivity index (χ0) is 18.3. The third-order valence-corrected chi connectivity index (χ3v) is 5.44. The molecule has 0 spiro atoms. The van der Waals surface area contributed by atoms with E-state index in [9.17, 15) is 9.90 Å². The highest BCUT2D eigenvalue weighted by Crippen LogP contribution is 2.35. The Bertz CT molecular complexity index is 1220. The molecular weight excluding hydrogens is 418 g/mol. The number of phenolic OH excluding ortho intramolecular Hbond substituents is 1. The molecule has 0 fully saturated rings. The number of aromatic hydroxyl groups is 1. The van der Waals surface area contributed by atoms with Crippen LogP contribution in [0, 0.1) is 0 Å². The molecular formula is C18H12BrN3O3S. The second kappa shape index (κ2) is 6.54. The predicted molar refractivity (Wildman–Crippen MR) is 104 cm³/mol. The van der Waals surface area contributed by atoms with E-state index < -0.39 is 0 Å². The van der Waals surface area contributed by atoms with Crippen LogP contribution in [0.3, 0.4) is 0 Å². The summed E-state index contributed by atoms with van der Waals surface area (Å²) in [7, 11) is 1.48. The van der Waals surface area contributed by atoms with E-state index in [0.29, 0.717) is 19.7 Å². The molecule has 4 aromatic rings. The van der Waals surface area contributed by atoms with Gasteiger partial charge in [0.15, 0.2) is 16.5 Å². The first-order valence-corrected chi connectivity index (χ1v) is 9.18. The topological polar surface area (TPSA) is 76.7 Å². The largest absolute Gasteiger partial charge is 0.503 e. The molecule has 0 aliphatic carbocycles. The van der Waals surface area contributed by atoms with E-state index in [-0.39, 0.29) is 11.3 Å². The standard InChI is InChI=1S/C18H12BrN3O3S/c1-25-14-7-10(6-12(19)16(14)23)8-15-17(24)22-9-13(21-18(22)26-15)11-2-4-20-5-3-11/h2-9,23H,1H3. The van der Waals surface area contributed by atoms with Gasteiger partial charge in [-0.15, -0.1) is 0 Å². The van der Waals surface area contributed by atoms with Crippen molar-refractivity contribution in [2.45, 2.75) is 0 Å². The van der Waals surface area contributed by atoms with Crippen molar-refractivity contribution < 1.29 is 9.84 Å². The van der Waals surface area contributed by atoms with Crippen molar-refractivity contribution in [3.05, 3.63) is 67.8 Å². The van der Waals surface area contributed by atoms with Gasteiger partial charge in [0.25, 0.3) is 5.56 Å². The molecule has 8 heteroatoms. The molecule has 0 bridgehead atoms. The molecule has 26 heavy (non-hydrogen) atoms. The quantitative estimate of drug-likeness (QED) is 0.541. The molecule has 3 aromatic heterocycles. The van der Waals surface area contributed by atoms with Gasteiger partial charge in [-0.25, -0.2) is 4.98 Å². The monoisotopic (exact) mass is 429 g/mol. The minimum atomic E-state index is -0.138. The molecule has 0 atom stereocenters. The molecule has 0 aliphatic rings. The highest BCUT2D eigenvalue weighted by Gasteiger charge is 2.11. The number of thiazole rings is 1. The third kappa shape index (κ3) is 2.87. The molecule has 0 saturated carbocycles. The van der Waals surface area contributed by atoms with Crippen molar-refractivity contribution in [3.8, 4) is 22.8 Å². The molecule has 6 nitrogen and oxygen atoms in total. The Kier molecular flexibility index (Phi) is 4.21. The smallest absolute Gasteiger partial charge is 0.274 e. The van der Waals surface area contributed by atoms with E-state index in [1.807, 2.05) is 12.1 Å². The summed E-state index contributed by atoms with van der Waals surface area (Å²) in [6.45, 7) is 0. The van der Waals surface area contributed by atoms with Crippen LogP contribution in [0.4, 0.5) is 0 Å². The molecule has 1 aromatic carbocycles. The Morgan fingerprint density at radius 1 is 1.31 bits per heavy atom. The normalized spacial score (nSPS) is 12.0. The van der Waals surface area contributed by atoms with Crippen molar-refractivity contribution >= 4 is 38.3 Å². The Balaban J connectivity index is 1.82. The minimum Gasteiger partial charge on any atom is -0.503 e. The fourth-order valence-electron chi connectivity index (χ4n) is 2.58. The van der Waals surface area contributed by atoms with Crippen LogP contribution < -0.4 is 14.8 Å². The molecule has 0 radical (unpaired) electrons. The van der Waals surface area contributed by atoms with E-state index >= 15 is 0 Å². The highest BCUT2D eigenvalue weighted by atomic mass is 79.9. The van der Waals surface area contributed by atoms with E-state index in [0.717, 1.165) is 16.8 Å². The number of imidazole rings is 1. The summed E-state index contributed by atoms with van der Waals surface area (Å²) in [5.74, 6) is 0.356. The summed E-state index contributed by atoms with van der Waals surface area (Å²) in [4.78, 5) is 21.8. The van der Waals surface area contributed by atoms with Crippen LogP contribution in [-0.4, -0.2) is 26.6 Å². The Labute approximate surface area is 160 Å². The van der Waals surface area contributed by atoms with Gasteiger partial charge in [0, 0.05) is 24.2 Å². The highest BCUT2D eigenvalue weighted by molar-refractivity contribution is 9.10. The van der Waals surface area contributed by atoms with Crippen LogP contribution in [0.2, 0.25) is 0 Å². The fourth-order valence-corrected chi connectivity index (χ4v) is 3.99. The summed E-state index contributed by atoms with van der Waals surface area (Å²) in [6, 6.07) is 7.10. The molecule has 130 valence electrons. The second-order valence-electron chi connectivity index (χ2n) is 5.48. The van der Waals surface area contributed by atoms with Crippen LogP contribution >= 0.6 is 27.3 Å². The third-order valence-electron chi connectivity index (χ3n) is 3.85. The number of fused-ring (bicyclic) bond motifs is 1. The molecule has 0 amide bonds. The van der Waals surface area contributed by atoms with E-state index in [1.165, 1.54) is 18.4 Å². The Morgan fingerprint density at radius 3 is 2.77 bits per heavy atom. The van der Waals surface area contributed by atoms with Gasteiger partial charge in [-0.1, -0.05) is 11.3 Å². The van der Waals surface area contributed by atoms with Crippen molar-refractivity contribution in [2.75, 3.05) is 7.11 Å². The summed E-state index contributed by atoms with van der Waals surface area (Å²) < 4.78 is 7.73. The van der Waals surface area contributed by atoms with Crippen molar-refractivity contribution in [1.29, 1.82) is 0 Å². The first kappa shape index (κ1) is 16.7. The van der Waals surface area contributed by atoms with Crippen LogP contribution in [0.5, 0.6) is 11.5 Å². The zero-order valence-corrected chi connectivity index (χ0v) is 15.9. The van der Waals surface area contributed by atoms with E-state index in [2.05, 4.69) is 25.9 Å². The van der Waals surface area contributed by atoms with Crippen molar-refractivity contribution in [2.24, 2.45) is 0 Å². The lowest BCUT2D eigenvalue weighted by molar-refractivity contribution is 0.372. The van der Waals surface area contributed by atoms with Gasteiger partial charge in [-0.2, -0.15) is 0 Å². The molecule has 0 saturated heterocycles. The maximum Gasteiger partial charge on any atom is 0.274 e. The maximum absolute atomic E-state index is 12.7. The first-order chi connectivity index (χ1) is 12.6. The number of halogens is 1. The van der Waals surface area contributed by atoms with Gasteiger partial charge in [0.1, 0.15) is 0 Å². The van der Waals surface area contributed by atoms with Gasteiger partial charge >= 0.3 is 0 Å². The minimum absolute atomic E-state index is 0.0231. The summed E-state index contributed by atoms with van der Waals surface area (Å²) in [5.41, 5.74) is 2.24. The number of hydrogen-bond donors (Lipinski definition) is 1. The first-order valence-electron chi connectivity index (χ1n) is 7.57. The van der Waals surface area contributed by atoms with Gasteiger partial charge in [0.2, 0.25) is 0 Å². The van der Waals surface area contributed by atoms with E-state index in [1.54, 1.807) is 41.2 Å². The van der Waals surface area contributed by atoms with Gasteiger partial charge in [-0.05, 0) is 51.8 Å². The average molecular weight is 430 g/mol. The number of rotatable bonds is 3. The molecule has 1 N–H and O–H groups in total. The number of pyridine rings is 1. The number of nitrogens with zero attached hydrogens (tertiary/aromatic N) is 3. The predicted octanol–water partition coefficient (Wildman–Crippen LogP) is 2.84. The second-order valence-corrected chi connectivity index (χ2v) is 7.35. The summed E-state index contributed by atoms with van der Waals surface area (Å²) in [6.07, 6.45) is 6.86. The fraction of sp³-hybridized carbons (Fsp3) is 0.0556. The number of benzene rings is 1. The summed E-state index contributed by atoms with van der Waals surface area (Å²) in [5, 5.41) is 9.90. The van der Waals surface area contributed by atoms with Crippen LogP contribution in [0.15, 0.2) is 52.1 Å². The lowest BCUT2D eigenvalue weighted by Gasteiger charge is -2.06. The zero-order valence-electron chi connectivity index (χ0n) is 13.5. The number of aromatic nitrogens is 3. The number of methoxy groups -OCH3 is 1. The van der Waals surface area contributed by atoms with Crippen molar-refractivity contribution in [3.63, 3.8) is 0 Å². The lowest BCUT2D eigenvalue weighted by Crippen LogP contribution is -2.22. The maximum atomic E-state index is 12.7. The Hall–Kier alpha value is -2.71. The number of ether oxygens (including phenoxy) is 1. The number of phenols is 1. The van der Waals surface area contributed by atoms with Gasteiger partial charge in [-0.3, -0.25) is 14.2 Å². The lowest BCUT2D eigenvalue weighted by atomic mass is 10.2. The summed E-state index contributed by atoms with van der Waals surface area (Å²) >= 11 is 4.59. The molecule has 4 rings (SSSR count). The van der Waals surface area contributed by atoms with Crippen LogP contribution in [0.25, 0.3) is 22.3 Å². The molecule has 0 unspecified atom stereocenters. The van der Waals surface area contributed by atoms with Gasteiger partial charge in [0.05, 0.1) is 21.8 Å². The molecule has 0 aliphatic heterocycles.